The summed E-state index contributed by atoms with van der Waals surface area (Å²) in [4.78, 5) is 11.7. The molecular weight excluding hydrogens is 352 g/mol. The monoisotopic (exact) mass is 378 g/mol. The zero-order chi connectivity index (χ0) is 19.1. The van der Waals surface area contributed by atoms with Crippen molar-refractivity contribution in [2.24, 2.45) is 0 Å². The topological polar surface area (TPSA) is 79.6 Å². The molecule has 7 heteroatoms. The van der Waals surface area contributed by atoms with Crippen LogP contribution in [0.1, 0.15) is 57.6 Å². The molecule has 26 heavy (non-hydrogen) atoms. The van der Waals surface area contributed by atoms with Gasteiger partial charge in [0.05, 0.1) is 4.90 Å². The molecule has 0 amide bonds. The van der Waals surface area contributed by atoms with Gasteiger partial charge in [0, 0.05) is 30.2 Å². The van der Waals surface area contributed by atoms with Gasteiger partial charge in [-0.05, 0) is 49.4 Å². The van der Waals surface area contributed by atoms with E-state index in [1.165, 1.54) is 0 Å². The molecule has 2 aromatic rings. The van der Waals surface area contributed by atoms with E-state index in [0.717, 1.165) is 35.7 Å². The minimum absolute atomic E-state index is 0.160. The summed E-state index contributed by atoms with van der Waals surface area (Å²) in [5, 5.41) is 10.2. The first-order chi connectivity index (χ1) is 12.2. The quantitative estimate of drug-likeness (QED) is 0.862. The third-order valence-electron chi connectivity index (χ3n) is 5.18. The largest absolute Gasteiger partial charge is 0.480 e. The number of carboxylic acid groups (broad SMARTS) is 1. The smallest absolute Gasteiger partial charge is 0.326 e. The number of carbonyl (C=O) groups is 1. The van der Waals surface area contributed by atoms with Crippen LogP contribution in [-0.2, 0) is 14.8 Å². The molecule has 0 radical (unpaired) electrons. The number of fused-ring (bicyclic) bond motifs is 1. The number of hydrogen-bond acceptors (Lipinski definition) is 3. The summed E-state index contributed by atoms with van der Waals surface area (Å²) >= 11 is 0. The number of carboxylic acids is 1. The van der Waals surface area contributed by atoms with Crippen LogP contribution in [-0.4, -0.2) is 41.5 Å². The van der Waals surface area contributed by atoms with Crippen molar-refractivity contribution in [2.75, 3.05) is 13.1 Å². The molecule has 0 bridgehead atoms. The van der Waals surface area contributed by atoms with Gasteiger partial charge in [-0.2, -0.15) is 4.31 Å². The number of rotatable bonds is 5. The van der Waals surface area contributed by atoms with E-state index in [9.17, 15) is 18.3 Å². The highest BCUT2D eigenvalue weighted by Gasteiger charge is 2.27. The summed E-state index contributed by atoms with van der Waals surface area (Å²) in [5.41, 5.74) is 1.71. The van der Waals surface area contributed by atoms with E-state index < -0.39 is 22.0 Å². The van der Waals surface area contributed by atoms with Crippen molar-refractivity contribution in [3.8, 4) is 0 Å². The number of piperidine rings is 1. The van der Waals surface area contributed by atoms with Crippen molar-refractivity contribution in [3.63, 3.8) is 0 Å². The van der Waals surface area contributed by atoms with Gasteiger partial charge in [0.15, 0.2) is 0 Å². The molecule has 6 nitrogen and oxygen atoms in total. The van der Waals surface area contributed by atoms with Crippen LogP contribution in [0.5, 0.6) is 0 Å². The van der Waals surface area contributed by atoms with Crippen LogP contribution < -0.4 is 0 Å². The van der Waals surface area contributed by atoms with Gasteiger partial charge in [0.1, 0.15) is 6.04 Å². The van der Waals surface area contributed by atoms with Gasteiger partial charge in [-0.1, -0.05) is 20.3 Å². The Balaban J connectivity index is 2.13. The van der Waals surface area contributed by atoms with Crippen molar-refractivity contribution in [2.45, 2.75) is 56.9 Å². The van der Waals surface area contributed by atoms with E-state index in [-0.39, 0.29) is 10.8 Å². The standard InChI is InChI=1S/C19H26N2O4S/c1-13(2)17-12-21(14(3)19(22)23)18-8-7-15(11-16(17)18)26(24,25)20-9-5-4-6-10-20/h7-8,11-14H,4-6,9-10H2,1-3H3,(H,22,23). The van der Waals surface area contributed by atoms with Crippen molar-refractivity contribution in [1.82, 2.24) is 8.87 Å². The Hall–Kier alpha value is -1.86. The fourth-order valence-electron chi connectivity index (χ4n) is 3.57. The summed E-state index contributed by atoms with van der Waals surface area (Å²) in [6, 6.07) is 4.33. The number of sulfonamides is 1. The Morgan fingerprint density at radius 2 is 1.77 bits per heavy atom. The lowest BCUT2D eigenvalue weighted by Gasteiger charge is -2.26. The van der Waals surface area contributed by atoms with Gasteiger partial charge in [-0.25, -0.2) is 13.2 Å². The molecule has 0 aliphatic carbocycles. The van der Waals surface area contributed by atoms with Crippen LogP contribution in [0, 0.1) is 0 Å². The summed E-state index contributed by atoms with van der Waals surface area (Å²) in [6.07, 6.45) is 4.69. The van der Waals surface area contributed by atoms with Gasteiger partial charge in [0.2, 0.25) is 10.0 Å². The summed E-state index contributed by atoms with van der Waals surface area (Å²) in [6.45, 7) is 6.81. The Bertz CT molecular complexity index is 924. The minimum Gasteiger partial charge on any atom is -0.480 e. The minimum atomic E-state index is -3.52. The van der Waals surface area contributed by atoms with Crippen LogP contribution in [0.25, 0.3) is 10.9 Å². The zero-order valence-electron chi connectivity index (χ0n) is 15.5. The van der Waals surface area contributed by atoms with Crippen LogP contribution in [0.4, 0.5) is 0 Å². The maximum Gasteiger partial charge on any atom is 0.326 e. The summed E-state index contributed by atoms with van der Waals surface area (Å²) in [5.74, 6) is -0.755. The lowest BCUT2D eigenvalue weighted by Crippen LogP contribution is -2.35. The lowest BCUT2D eigenvalue weighted by molar-refractivity contribution is -0.140. The predicted octanol–water partition coefficient (Wildman–Crippen LogP) is 3.58. The summed E-state index contributed by atoms with van der Waals surface area (Å²) in [7, 11) is -3.52. The normalized spacial score (nSPS) is 17.7. The van der Waals surface area contributed by atoms with E-state index >= 15 is 0 Å². The number of aliphatic carboxylic acids is 1. The Labute approximate surface area is 154 Å². The molecule has 0 saturated carbocycles. The van der Waals surface area contributed by atoms with Crippen LogP contribution in [0.2, 0.25) is 0 Å². The molecule has 1 fully saturated rings. The molecule has 1 aromatic carbocycles. The highest BCUT2D eigenvalue weighted by molar-refractivity contribution is 7.89. The molecule has 2 heterocycles. The highest BCUT2D eigenvalue weighted by Crippen LogP contribution is 2.33. The van der Waals surface area contributed by atoms with Crippen LogP contribution >= 0.6 is 0 Å². The molecular formula is C19H26N2O4S. The summed E-state index contributed by atoms with van der Waals surface area (Å²) < 4.78 is 29.2. The van der Waals surface area contributed by atoms with Crippen molar-refractivity contribution < 1.29 is 18.3 Å². The average molecular weight is 378 g/mol. The Morgan fingerprint density at radius 1 is 1.12 bits per heavy atom. The number of aromatic nitrogens is 1. The molecule has 1 aliphatic rings. The first-order valence-corrected chi connectivity index (χ1v) is 10.5. The maximum atomic E-state index is 13.0. The third kappa shape index (κ3) is 3.25. The van der Waals surface area contributed by atoms with E-state index in [0.29, 0.717) is 13.1 Å². The molecule has 1 N–H and O–H groups in total. The molecule has 142 valence electrons. The number of hydrogen-bond donors (Lipinski definition) is 1. The molecule has 1 unspecified atom stereocenters. The van der Waals surface area contributed by atoms with E-state index in [1.807, 2.05) is 20.0 Å². The average Bonchev–Trinajstić information content (AvgIpc) is 3.00. The van der Waals surface area contributed by atoms with E-state index in [2.05, 4.69) is 0 Å². The maximum absolute atomic E-state index is 13.0. The molecule has 3 rings (SSSR count). The van der Waals surface area contributed by atoms with Crippen molar-refractivity contribution in [3.05, 3.63) is 30.0 Å². The van der Waals surface area contributed by atoms with Crippen LogP contribution in [0.3, 0.4) is 0 Å². The molecule has 1 aromatic heterocycles. The van der Waals surface area contributed by atoms with Crippen molar-refractivity contribution in [1.29, 1.82) is 0 Å². The van der Waals surface area contributed by atoms with Gasteiger partial charge in [-0.15, -0.1) is 0 Å². The Kier molecular flexibility index (Phi) is 5.12. The van der Waals surface area contributed by atoms with E-state index in [1.54, 1.807) is 34.0 Å². The second-order valence-corrected chi connectivity index (χ2v) is 9.24. The SMILES string of the molecule is CC(C)c1cn(C(C)C(=O)O)c2ccc(S(=O)(=O)N3CCCCC3)cc12. The first-order valence-electron chi connectivity index (χ1n) is 9.11. The van der Waals surface area contributed by atoms with Gasteiger partial charge in [0.25, 0.3) is 0 Å². The highest BCUT2D eigenvalue weighted by atomic mass is 32.2. The zero-order valence-corrected chi connectivity index (χ0v) is 16.3. The van der Waals surface area contributed by atoms with Crippen molar-refractivity contribution >= 4 is 26.9 Å². The fourth-order valence-corrected chi connectivity index (χ4v) is 5.12. The fraction of sp³-hybridized carbons (Fsp3) is 0.526. The van der Waals surface area contributed by atoms with Gasteiger partial charge in [-0.3, -0.25) is 0 Å². The molecule has 0 spiro atoms. The second-order valence-electron chi connectivity index (χ2n) is 7.30. The van der Waals surface area contributed by atoms with E-state index in [4.69, 9.17) is 0 Å². The third-order valence-corrected chi connectivity index (χ3v) is 7.08. The Morgan fingerprint density at radius 3 is 2.35 bits per heavy atom. The molecule has 1 aliphatic heterocycles. The molecule has 1 saturated heterocycles. The van der Waals surface area contributed by atoms with Crippen LogP contribution in [0.15, 0.2) is 29.3 Å². The van der Waals surface area contributed by atoms with Gasteiger partial charge >= 0.3 is 5.97 Å². The lowest BCUT2D eigenvalue weighted by atomic mass is 10.0. The number of benzene rings is 1. The van der Waals surface area contributed by atoms with Gasteiger partial charge < -0.3 is 9.67 Å². The number of nitrogens with zero attached hydrogens (tertiary/aromatic N) is 2. The predicted molar refractivity (Wildman–Crippen MR) is 101 cm³/mol. The second kappa shape index (κ2) is 7.04. The molecule has 1 atom stereocenters. The first kappa shape index (κ1) is 18.9.